The maximum absolute atomic E-state index is 10.7. The van der Waals surface area contributed by atoms with Gasteiger partial charge in [-0.25, -0.2) is 0 Å². The molecule has 104 valence electrons. The largest absolute Gasteiger partial charge is 0.481 e. The average Bonchev–Trinajstić information content (AvgIpc) is 2.80. The normalized spacial score (nSPS) is 29.6. The molecule has 4 nitrogen and oxygen atoms in total. The number of hydrogen-bond donors (Lipinski definition) is 2. The molecule has 0 radical (unpaired) electrons. The van der Waals surface area contributed by atoms with Crippen molar-refractivity contribution in [3.05, 3.63) is 0 Å². The number of carboxylic acids is 1. The maximum Gasteiger partial charge on any atom is 0.303 e. The summed E-state index contributed by atoms with van der Waals surface area (Å²) in [5.41, 5.74) is 0.203. The maximum atomic E-state index is 10.7. The van der Waals surface area contributed by atoms with E-state index in [9.17, 15) is 4.79 Å². The summed E-state index contributed by atoms with van der Waals surface area (Å²) in [7, 11) is 0. The van der Waals surface area contributed by atoms with Crippen molar-refractivity contribution in [1.29, 1.82) is 0 Å². The van der Waals surface area contributed by atoms with E-state index in [1.807, 2.05) is 0 Å². The minimum Gasteiger partial charge on any atom is -0.481 e. The molecule has 1 heterocycles. The Bertz CT molecular complexity index is 298. The molecule has 4 heteroatoms. The number of piperazine rings is 1. The molecule has 0 aromatic carbocycles. The zero-order chi connectivity index (χ0) is 13.2. The Balaban J connectivity index is 1.93. The van der Waals surface area contributed by atoms with Gasteiger partial charge in [0.1, 0.15) is 0 Å². The molecule has 18 heavy (non-hydrogen) atoms. The van der Waals surface area contributed by atoms with Crippen molar-refractivity contribution < 1.29 is 9.90 Å². The fourth-order valence-corrected chi connectivity index (χ4v) is 3.40. The summed E-state index contributed by atoms with van der Waals surface area (Å²) in [6, 6.07) is 1.06. The zero-order valence-electron chi connectivity index (χ0n) is 11.6. The fraction of sp³-hybridized carbons (Fsp3) is 0.929. The second-order valence-corrected chi connectivity index (χ2v) is 6.41. The molecule has 0 aromatic rings. The number of hydrogen-bond acceptors (Lipinski definition) is 3. The molecule has 2 rings (SSSR count). The van der Waals surface area contributed by atoms with Crippen LogP contribution in [0.5, 0.6) is 0 Å². The van der Waals surface area contributed by atoms with E-state index in [0.29, 0.717) is 6.04 Å². The number of rotatable bonds is 4. The van der Waals surface area contributed by atoms with Crippen LogP contribution in [0, 0.1) is 0 Å². The average molecular weight is 254 g/mol. The van der Waals surface area contributed by atoms with Gasteiger partial charge in [-0.15, -0.1) is 0 Å². The van der Waals surface area contributed by atoms with Gasteiger partial charge in [0.15, 0.2) is 0 Å². The molecular weight excluding hydrogens is 228 g/mol. The van der Waals surface area contributed by atoms with Gasteiger partial charge in [-0.3, -0.25) is 9.69 Å². The van der Waals surface area contributed by atoms with Crippen molar-refractivity contribution in [2.75, 3.05) is 13.1 Å². The predicted octanol–water partition coefficient (Wildman–Crippen LogP) is 1.85. The Morgan fingerprint density at radius 3 is 2.67 bits per heavy atom. The third kappa shape index (κ3) is 3.23. The van der Waals surface area contributed by atoms with Crippen LogP contribution in [0.15, 0.2) is 0 Å². The van der Waals surface area contributed by atoms with Crippen LogP contribution in [-0.2, 0) is 4.79 Å². The van der Waals surface area contributed by atoms with E-state index >= 15 is 0 Å². The highest BCUT2D eigenvalue weighted by Gasteiger charge is 2.38. The lowest BCUT2D eigenvalue weighted by atomic mass is 9.93. The first-order chi connectivity index (χ1) is 8.49. The van der Waals surface area contributed by atoms with Crippen molar-refractivity contribution in [1.82, 2.24) is 10.2 Å². The van der Waals surface area contributed by atoms with Crippen molar-refractivity contribution in [2.45, 2.75) is 70.0 Å². The molecule has 1 aliphatic carbocycles. The second kappa shape index (κ2) is 5.57. The Kier molecular flexibility index (Phi) is 4.28. The highest BCUT2D eigenvalue weighted by Crippen LogP contribution is 2.31. The van der Waals surface area contributed by atoms with E-state index in [2.05, 4.69) is 24.1 Å². The summed E-state index contributed by atoms with van der Waals surface area (Å²) in [5, 5.41) is 12.3. The number of aliphatic carboxylic acids is 1. The monoisotopic (exact) mass is 254 g/mol. The molecule has 1 aliphatic heterocycles. The van der Waals surface area contributed by atoms with Gasteiger partial charge in [-0.05, 0) is 33.1 Å². The quantitative estimate of drug-likeness (QED) is 0.804. The molecular formula is C14H26N2O2. The van der Waals surface area contributed by atoms with E-state index in [4.69, 9.17) is 5.11 Å². The standard InChI is InChI=1S/C14H26N2O2/c1-14(2)10-15-11(7-8-13(17)18)9-16(14)12-5-3-4-6-12/h11-12,15H,3-10H2,1-2H3,(H,17,18). The van der Waals surface area contributed by atoms with Crippen LogP contribution in [0.3, 0.4) is 0 Å². The molecule has 0 spiro atoms. The second-order valence-electron chi connectivity index (χ2n) is 6.41. The van der Waals surface area contributed by atoms with Crippen LogP contribution in [0.2, 0.25) is 0 Å². The predicted molar refractivity (Wildman–Crippen MR) is 71.7 cm³/mol. The van der Waals surface area contributed by atoms with Gasteiger partial charge in [-0.1, -0.05) is 12.8 Å². The van der Waals surface area contributed by atoms with Crippen molar-refractivity contribution in [3.63, 3.8) is 0 Å². The van der Waals surface area contributed by atoms with Gasteiger partial charge >= 0.3 is 5.97 Å². The SMILES string of the molecule is CC1(C)CNC(CCC(=O)O)CN1C1CCCC1. The summed E-state index contributed by atoms with van der Waals surface area (Å²) in [6.45, 7) is 6.57. The Hall–Kier alpha value is -0.610. The van der Waals surface area contributed by atoms with Crippen LogP contribution in [0.4, 0.5) is 0 Å². The van der Waals surface area contributed by atoms with Gasteiger partial charge < -0.3 is 10.4 Å². The fourth-order valence-electron chi connectivity index (χ4n) is 3.40. The number of carboxylic acid groups (broad SMARTS) is 1. The molecule has 0 bridgehead atoms. The third-order valence-corrected chi connectivity index (χ3v) is 4.49. The highest BCUT2D eigenvalue weighted by atomic mass is 16.4. The van der Waals surface area contributed by atoms with Gasteiger partial charge in [0, 0.05) is 37.1 Å². The number of nitrogens with zero attached hydrogens (tertiary/aromatic N) is 1. The first-order valence-corrected chi connectivity index (χ1v) is 7.21. The molecule has 2 N–H and O–H groups in total. The minimum absolute atomic E-state index is 0.203. The zero-order valence-corrected chi connectivity index (χ0v) is 11.6. The van der Waals surface area contributed by atoms with Crippen LogP contribution in [0.25, 0.3) is 0 Å². The van der Waals surface area contributed by atoms with Crippen molar-refractivity contribution >= 4 is 5.97 Å². The Morgan fingerprint density at radius 2 is 2.06 bits per heavy atom. The molecule has 1 atom stereocenters. The molecule has 1 saturated carbocycles. The van der Waals surface area contributed by atoms with Crippen LogP contribution < -0.4 is 5.32 Å². The molecule has 0 aromatic heterocycles. The van der Waals surface area contributed by atoms with Crippen LogP contribution in [0.1, 0.15) is 52.4 Å². The highest BCUT2D eigenvalue weighted by molar-refractivity contribution is 5.66. The van der Waals surface area contributed by atoms with E-state index in [0.717, 1.165) is 25.6 Å². The van der Waals surface area contributed by atoms with E-state index < -0.39 is 5.97 Å². The van der Waals surface area contributed by atoms with Crippen LogP contribution in [-0.4, -0.2) is 46.7 Å². The summed E-state index contributed by atoms with van der Waals surface area (Å²) in [6.07, 6.45) is 6.35. The van der Waals surface area contributed by atoms with Crippen molar-refractivity contribution in [3.8, 4) is 0 Å². The number of carbonyl (C=O) groups is 1. The summed E-state index contributed by atoms with van der Waals surface area (Å²) in [4.78, 5) is 13.3. The van der Waals surface area contributed by atoms with Crippen molar-refractivity contribution in [2.24, 2.45) is 0 Å². The minimum atomic E-state index is -0.686. The van der Waals surface area contributed by atoms with Gasteiger partial charge in [-0.2, -0.15) is 0 Å². The molecule has 2 fully saturated rings. The molecule has 1 unspecified atom stereocenters. The number of nitrogens with one attached hydrogen (secondary N) is 1. The summed E-state index contributed by atoms with van der Waals surface area (Å²) in [5.74, 6) is -0.686. The first kappa shape index (κ1) is 13.8. The Morgan fingerprint density at radius 1 is 1.39 bits per heavy atom. The topological polar surface area (TPSA) is 52.6 Å². The molecule has 2 aliphatic rings. The lowest BCUT2D eigenvalue weighted by Gasteiger charge is -2.49. The summed E-state index contributed by atoms with van der Waals surface area (Å²) < 4.78 is 0. The van der Waals surface area contributed by atoms with E-state index in [1.54, 1.807) is 0 Å². The molecule has 1 saturated heterocycles. The summed E-state index contributed by atoms with van der Waals surface area (Å²) >= 11 is 0. The first-order valence-electron chi connectivity index (χ1n) is 7.21. The van der Waals surface area contributed by atoms with Crippen LogP contribution >= 0.6 is 0 Å². The lowest BCUT2D eigenvalue weighted by molar-refractivity contribution is -0.137. The third-order valence-electron chi connectivity index (χ3n) is 4.49. The van der Waals surface area contributed by atoms with Gasteiger partial charge in [0.05, 0.1) is 0 Å². The Labute approximate surface area is 110 Å². The van der Waals surface area contributed by atoms with Gasteiger partial charge in [0.2, 0.25) is 0 Å². The lowest BCUT2D eigenvalue weighted by Crippen LogP contribution is -2.64. The molecule has 0 amide bonds. The van der Waals surface area contributed by atoms with Gasteiger partial charge in [0.25, 0.3) is 0 Å². The van der Waals surface area contributed by atoms with E-state index in [1.165, 1.54) is 25.7 Å². The van der Waals surface area contributed by atoms with E-state index in [-0.39, 0.29) is 12.0 Å². The smallest absolute Gasteiger partial charge is 0.303 e.